The SMILES string of the molecule is Cc1cc(C)cc(CC(C)NC(=O)N(C)C2CCC(CO)CC2)c1. The fourth-order valence-electron chi connectivity index (χ4n) is 3.78. The van der Waals surface area contributed by atoms with Gasteiger partial charge in [0, 0.05) is 25.7 Å². The molecule has 1 saturated carbocycles. The van der Waals surface area contributed by atoms with Crippen LogP contribution in [0.1, 0.15) is 49.3 Å². The van der Waals surface area contributed by atoms with Crippen LogP contribution in [0.3, 0.4) is 0 Å². The first-order chi connectivity index (χ1) is 11.4. The van der Waals surface area contributed by atoms with Gasteiger partial charge >= 0.3 is 6.03 Å². The van der Waals surface area contributed by atoms with E-state index in [4.69, 9.17) is 0 Å². The maximum Gasteiger partial charge on any atom is 0.317 e. The Bertz CT molecular complexity index is 530. The normalized spacial score (nSPS) is 22.0. The number of hydrogen-bond donors (Lipinski definition) is 2. The summed E-state index contributed by atoms with van der Waals surface area (Å²) in [5.74, 6) is 0.418. The fourth-order valence-corrected chi connectivity index (χ4v) is 3.78. The molecule has 0 aliphatic heterocycles. The topological polar surface area (TPSA) is 52.6 Å². The van der Waals surface area contributed by atoms with Crippen molar-refractivity contribution < 1.29 is 9.90 Å². The third kappa shape index (κ3) is 5.23. The van der Waals surface area contributed by atoms with Gasteiger partial charge in [-0.2, -0.15) is 0 Å². The second-order valence-corrected chi connectivity index (χ2v) is 7.52. The number of nitrogens with one attached hydrogen (secondary N) is 1. The van der Waals surface area contributed by atoms with Crippen molar-refractivity contribution in [2.45, 2.75) is 65.0 Å². The van der Waals surface area contributed by atoms with Gasteiger partial charge in [0.05, 0.1) is 0 Å². The minimum absolute atomic E-state index is 0.0133. The van der Waals surface area contributed by atoms with Crippen molar-refractivity contribution in [3.8, 4) is 0 Å². The van der Waals surface area contributed by atoms with E-state index in [-0.39, 0.29) is 18.7 Å². The number of amides is 2. The number of aryl methyl sites for hydroxylation is 2. The van der Waals surface area contributed by atoms with E-state index in [1.807, 2.05) is 11.9 Å². The van der Waals surface area contributed by atoms with Crippen molar-refractivity contribution in [2.75, 3.05) is 13.7 Å². The van der Waals surface area contributed by atoms with E-state index in [1.54, 1.807) is 0 Å². The molecule has 4 nitrogen and oxygen atoms in total. The van der Waals surface area contributed by atoms with Gasteiger partial charge in [0.1, 0.15) is 0 Å². The number of aliphatic hydroxyl groups excluding tert-OH is 1. The number of carbonyl (C=O) groups excluding carboxylic acids is 1. The third-order valence-electron chi connectivity index (χ3n) is 5.14. The molecule has 1 fully saturated rings. The van der Waals surface area contributed by atoms with Gasteiger partial charge in [-0.05, 0) is 64.4 Å². The number of carbonyl (C=O) groups is 1. The average Bonchev–Trinajstić information content (AvgIpc) is 2.53. The molecule has 1 atom stereocenters. The van der Waals surface area contributed by atoms with E-state index in [0.717, 1.165) is 32.1 Å². The Morgan fingerprint density at radius 2 is 1.79 bits per heavy atom. The van der Waals surface area contributed by atoms with Gasteiger partial charge in [-0.25, -0.2) is 4.79 Å². The summed E-state index contributed by atoms with van der Waals surface area (Å²) in [6.45, 7) is 6.55. The molecule has 134 valence electrons. The number of hydrogen-bond acceptors (Lipinski definition) is 2. The monoisotopic (exact) mass is 332 g/mol. The van der Waals surface area contributed by atoms with Crippen molar-refractivity contribution in [3.05, 3.63) is 34.9 Å². The summed E-state index contributed by atoms with van der Waals surface area (Å²) in [4.78, 5) is 14.3. The minimum atomic E-state index is 0.0133. The van der Waals surface area contributed by atoms with Crippen molar-refractivity contribution in [1.82, 2.24) is 10.2 Å². The van der Waals surface area contributed by atoms with Crippen LogP contribution in [0.15, 0.2) is 18.2 Å². The molecular weight excluding hydrogens is 300 g/mol. The van der Waals surface area contributed by atoms with Gasteiger partial charge < -0.3 is 15.3 Å². The Balaban J connectivity index is 1.84. The number of nitrogens with zero attached hydrogens (tertiary/aromatic N) is 1. The second-order valence-electron chi connectivity index (χ2n) is 7.52. The van der Waals surface area contributed by atoms with Gasteiger partial charge in [0.2, 0.25) is 0 Å². The molecule has 1 unspecified atom stereocenters. The molecule has 1 aliphatic carbocycles. The summed E-state index contributed by atoms with van der Waals surface area (Å²) >= 11 is 0. The summed E-state index contributed by atoms with van der Waals surface area (Å²) < 4.78 is 0. The van der Waals surface area contributed by atoms with Crippen molar-refractivity contribution >= 4 is 6.03 Å². The highest BCUT2D eigenvalue weighted by Crippen LogP contribution is 2.26. The summed E-state index contributed by atoms with van der Waals surface area (Å²) in [5, 5.41) is 12.4. The average molecular weight is 332 g/mol. The zero-order valence-corrected chi connectivity index (χ0v) is 15.5. The Labute approximate surface area is 146 Å². The van der Waals surface area contributed by atoms with E-state index in [1.165, 1.54) is 16.7 Å². The summed E-state index contributed by atoms with van der Waals surface area (Å²) in [6, 6.07) is 6.96. The highest BCUT2D eigenvalue weighted by molar-refractivity contribution is 5.74. The maximum absolute atomic E-state index is 12.5. The van der Waals surface area contributed by atoms with E-state index in [9.17, 15) is 9.90 Å². The van der Waals surface area contributed by atoms with Gasteiger partial charge in [-0.1, -0.05) is 29.3 Å². The van der Waals surface area contributed by atoms with Crippen LogP contribution in [0.2, 0.25) is 0 Å². The quantitative estimate of drug-likeness (QED) is 0.868. The highest BCUT2D eigenvalue weighted by Gasteiger charge is 2.26. The summed E-state index contributed by atoms with van der Waals surface area (Å²) in [5.41, 5.74) is 3.80. The molecule has 0 aromatic heterocycles. The van der Waals surface area contributed by atoms with E-state index < -0.39 is 0 Å². The lowest BCUT2D eigenvalue weighted by Crippen LogP contribution is -2.48. The van der Waals surface area contributed by atoms with Crippen LogP contribution in [-0.4, -0.2) is 41.8 Å². The Hall–Kier alpha value is -1.55. The largest absolute Gasteiger partial charge is 0.396 e. The molecule has 0 radical (unpaired) electrons. The van der Waals surface area contributed by atoms with E-state index in [2.05, 4.69) is 44.3 Å². The van der Waals surface area contributed by atoms with Crippen LogP contribution in [0.4, 0.5) is 4.79 Å². The molecular formula is C20H32N2O2. The first kappa shape index (κ1) is 18.8. The van der Waals surface area contributed by atoms with Crippen molar-refractivity contribution in [2.24, 2.45) is 5.92 Å². The van der Waals surface area contributed by atoms with Crippen molar-refractivity contribution in [1.29, 1.82) is 0 Å². The minimum Gasteiger partial charge on any atom is -0.396 e. The Morgan fingerprint density at radius 3 is 2.33 bits per heavy atom. The fraction of sp³-hybridized carbons (Fsp3) is 0.650. The van der Waals surface area contributed by atoms with Gasteiger partial charge in [-0.3, -0.25) is 0 Å². The van der Waals surface area contributed by atoms with Crippen LogP contribution in [0, 0.1) is 19.8 Å². The first-order valence-corrected chi connectivity index (χ1v) is 9.10. The summed E-state index contributed by atoms with van der Waals surface area (Å²) in [6.07, 6.45) is 4.84. The molecule has 0 saturated heterocycles. The van der Waals surface area contributed by atoms with Crippen LogP contribution in [0.5, 0.6) is 0 Å². The molecule has 0 bridgehead atoms. The van der Waals surface area contributed by atoms with Crippen LogP contribution in [0.25, 0.3) is 0 Å². The van der Waals surface area contributed by atoms with Crippen LogP contribution < -0.4 is 5.32 Å². The van der Waals surface area contributed by atoms with Crippen LogP contribution >= 0.6 is 0 Å². The molecule has 2 amide bonds. The molecule has 1 aliphatic rings. The van der Waals surface area contributed by atoms with Crippen molar-refractivity contribution in [3.63, 3.8) is 0 Å². The molecule has 1 aromatic rings. The standard InChI is InChI=1S/C20H32N2O2/c1-14-9-15(2)11-18(10-14)12-16(3)21-20(24)22(4)19-7-5-17(13-23)6-8-19/h9-11,16-17,19,23H,5-8,12-13H2,1-4H3,(H,21,24). The molecule has 1 aromatic carbocycles. The predicted molar refractivity (Wildman–Crippen MR) is 98.2 cm³/mol. The predicted octanol–water partition coefficient (Wildman–Crippen LogP) is 3.43. The third-order valence-corrected chi connectivity index (χ3v) is 5.14. The number of urea groups is 1. The second kappa shape index (κ2) is 8.52. The number of aliphatic hydroxyl groups is 1. The molecule has 0 spiro atoms. The lowest BCUT2D eigenvalue weighted by Gasteiger charge is -2.34. The van der Waals surface area contributed by atoms with Gasteiger partial charge in [0.15, 0.2) is 0 Å². The van der Waals surface area contributed by atoms with E-state index >= 15 is 0 Å². The van der Waals surface area contributed by atoms with Gasteiger partial charge in [0.25, 0.3) is 0 Å². The molecule has 4 heteroatoms. The molecule has 2 N–H and O–H groups in total. The van der Waals surface area contributed by atoms with Crippen LogP contribution in [-0.2, 0) is 6.42 Å². The molecule has 0 heterocycles. The first-order valence-electron chi connectivity index (χ1n) is 9.10. The maximum atomic E-state index is 12.5. The molecule has 2 rings (SSSR count). The Kier molecular flexibility index (Phi) is 6.67. The highest BCUT2D eigenvalue weighted by atomic mass is 16.3. The lowest BCUT2D eigenvalue weighted by atomic mass is 9.86. The zero-order chi connectivity index (χ0) is 17.7. The molecule has 24 heavy (non-hydrogen) atoms. The number of rotatable bonds is 5. The lowest BCUT2D eigenvalue weighted by molar-refractivity contribution is 0.133. The Morgan fingerprint density at radius 1 is 1.21 bits per heavy atom. The number of benzene rings is 1. The van der Waals surface area contributed by atoms with E-state index in [0.29, 0.717) is 12.0 Å². The summed E-state index contributed by atoms with van der Waals surface area (Å²) in [7, 11) is 1.89. The zero-order valence-electron chi connectivity index (χ0n) is 15.5. The van der Waals surface area contributed by atoms with Gasteiger partial charge in [-0.15, -0.1) is 0 Å². The smallest absolute Gasteiger partial charge is 0.317 e.